The number of hydrogen-bond acceptors (Lipinski definition) is 2. The van der Waals surface area contributed by atoms with Crippen molar-refractivity contribution in [3.63, 3.8) is 0 Å². The molecule has 2 aliphatic rings. The minimum atomic E-state index is 0.0681. The van der Waals surface area contributed by atoms with Crippen molar-refractivity contribution < 1.29 is 4.74 Å². The molecule has 2 aliphatic heterocycles. The lowest BCUT2D eigenvalue weighted by molar-refractivity contribution is 0.175. The highest BCUT2D eigenvalue weighted by atomic mass is 31.0. The van der Waals surface area contributed by atoms with Gasteiger partial charge in [0.1, 0.15) is 5.76 Å². The molecule has 2 unspecified atom stereocenters. The Balaban J connectivity index is 2.34. The van der Waals surface area contributed by atoms with Crippen molar-refractivity contribution in [1.29, 1.82) is 0 Å². The number of nitrogens with zero attached hydrogens (tertiary/aromatic N) is 1. The van der Waals surface area contributed by atoms with E-state index in [-0.39, 0.29) is 5.41 Å². The predicted octanol–water partition coefficient (Wildman–Crippen LogP) is 4.02. The molecular weight excluding hydrogens is 265 g/mol. The lowest BCUT2D eigenvalue weighted by Gasteiger charge is -2.28. The van der Waals surface area contributed by atoms with Crippen LogP contribution in [0.5, 0.6) is 0 Å². The van der Waals surface area contributed by atoms with Crippen LogP contribution in [0.2, 0.25) is 0 Å². The summed E-state index contributed by atoms with van der Waals surface area (Å²) in [5, 5.41) is 0. The summed E-state index contributed by atoms with van der Waals surface area (Å²) in [5.74, 6) is 0.947. The van der Waals surface area contributed by atoms with Crippen LogP contribution in [-0.2, 0) is 4.74 Å². The smallest absolute Gasteiger partial charge is 0.123 e. The van der Waals surface area contributed by atoms with Crippen LogP contribution >= 0.6 is 9.39 Å². The maximum atomic E-state index is 5.94. The fraction of sp³-hybridized carbons (Fsp3) is 0.412. The van der Waals surface area contributed by atoms with Crippen molar-refractivity contribution in [3.8, 4) is 0 Å². The van der Waals surface area contributed by atoms with E-state index in [1.807, 2.05) is 12.2 Å². The second kappa shape index (κ2) is 7.06. The van der Waals surface area contributed by atoms with Crippen molar-refractivity contribution in [3.05, 3.63) is 60.9 Å². The zero-order valence-corrected chi connectivity index (χ0v) is 13.2. The van der Waals surface area contributed by atoms with Gasteiger partial charge in [0.15, 0.2) is 0 Å². The van der Waals surface area contributed by atoms with E-state index in [1.54, 1.807) is 6.08 Å². The van der Waals surface area contributed by atoms with Gasteiger partial charge in [-0.3, -0.25) is 4.67 Å². The van der Waals surface area contributed by atoms with Crippen LogP contribution in [0.15, 0.2) is 60.9 Å². The lowest BCUT2D eigenvalue weighted by Crippen LogP contribution is -2.27. The van der Waals surface area contributed by atoms with E-state index >= 15 is 0 Å². The summed E-state index contributed by atoms with van der Waals surface area (Å²) in [6.07, 6.45) is 15.5. The van der Waals surface area contributed by atoms with E-state index in [9.17, 15) is 0 Å². The second-order valence-electron chi connectivity index (χ2n) is 5.40. The Hall–Kier alpha value is -1.11. The fourth-order valence-electron chi connectivity index (χ4n) is 2.87. The maximum Gasteiger partial charge on any atom is 0.123 e. The molecule has 0 aromatic heterocycles. The first-order chi connectivity index (χ1) is 9.72. The van der Waals surface area contributed by atoms with Crippen LogP contribution in [0.4, 0.5) is 0 Å². The zero-order chi connectivity index (χ0) is 14.4. The van der Waals surface area contributed by atoms with Crippen molar-refractivity contribution in [2.45, 2.75) is 19.3 Å². The van der Waals surface area contributed by atoms with Gasteiger partial charge in [0.25, 0.3) is 0 Å². The first-order valence-corrected chi connectivity index (χ1v) is 7.67. The molecule has 20 heavy (non-hydrogen) atoms. The van der Waals surface area contributed by atoms with Crippen molar-refractivity contribution >= 4 is 9.39 Å². The van der Waals surface area contributed by atoms with Crippen LogP contribution < -0.4 is 0 Å². The first kappa shape index (κ1) is 15.3. The molecule has 2 heterocycles. The van der Waals surface area contributed by atoms with Crippen molar-refractivity contribution in [2.75, 3.05) is 19.7 Å². The zero-order valence-electron chi connectivity index (χ0n) is 12.1. The average Bonchev–Trinajstić information content (AvgIpc) is 2.80. The van der Waals surface area contributed by atoms with E-state index < -0.39 is 0 Å². The molecule has 0 saturated carbocycles. The number of ether oxygens (including phenoxy) is 1. The molecule has 2 rings (SSSR count). The molecule has 1 fully saturated rings. The molecule has 1 saturated heterocycles. The standard InChI is InChI=1S/C17H24NOP/c1-3-8-15-16(9-4-2)19-14-17(15)10-6-5-7-12-18(20)13-11-17/h3-6,8-9H,1-2,7,10-14,20H2/b6-5-,15-8+,16-9+. The van der Waals surface area contributed by atoms with E-state index in [2.05, 4.69) is 45.4 Å². The van der Waals surface area contributed by atoms with Gasteiger partial charge >= 0.3 is 0 Å². The van der Waals surface area contributed by atoms with Crippen LogP contribution in [0, 0.1) is 5.41 Å². The fourth-order valence-corrected chi connectivity index (χ4v) is 3.15. The van der Waals surface area contributed by atoms with E-state index in [0.717, 1.165) is 44.7 Å². The van der Waals surface area contributed by atoms with Gasteiger partial charge in [-0.05, 0) is 25.3 Å². The van der Waals surface area contributed by atoms with Gasteiger partial charge < -0.3 is 4.74 Å². The summed E-state index contributed by atoms with van der Waals surface area (Å²) in [5.41, 5.74) is 1.33. The van der Waals surface area contributed by atoms with Gasteiger partial charge in [-0.1, -0.05) is 52.9 Å². The topological polar surface area (TPSA) is 12.5 Å². The molecule has 0 radical (unpaired) electrons. The molecule has 108 valence electrons. The summed E-state index contributed by atoms with van der Waals surface area (Å²) in [6, 6.07) is 0. The summed E-state index contributed by atoms with van der Waals surface area (Å²) in [4.78, 5) is 0. The normalized spacial score (nSPS) is 33.5. The van der Waals surface area contributed by atoms with Crippen LogP contribution in [-0.4, -0.2) is 24.4 Å². The van der Waals surface area contributed by atoms with E-state index in [1.165, 1.54) is 5.57 Å². The Bertz CT molecular complexity index is 464. The monoisotopic (exact) mass is 289 g/mol. The summed E-state index contributed by atoms with van der Waals surface area (Å²) >= 11 is 0. The summed E-state index contributed by atoms with van der Waals surface area (Å²) in [7, 11) is 2.83. The van der Waals surface area contributed by atoms with Gasteiger partial charge in [0.2, 0.25) is 0 Å². The van der Waals surface area contributed by atoms with Gasteiger partial charge in [-0.25, -0.2) is 0 Å². The molecule has 1 spiro atoms. The number of hydrogen-bond donors (Lipinski definition) is 0. The lowest BCUT2D eigenvalue weighted by atomic mass is 9.75. The second-order valence-corrected chi connectivity index (χ2v) is 6.13. The van der Waals surface area contributed by atoms with Gasteiger partial charge in [0, 0.05) is 24.1 Å². The quantitative estimate of drug-likeness (QED) is 0.562. The summed E-state index contributed by atoms with van der Waals surface area (Å²) in [6.45, 7) is 10.5. The van der Waals surface area contributed by atoms with Crippen molar-refractivity contribution in [1.82, 2.24) is 4.67 Å². The molecule has 2 nitrogen and oxygen atoms in total. The highest BCUT2D eigenvalue weighted by Crippen LogP contribution is 2.47. The predicted molar refractivity (Wildman–Crippen MR) is 89.2 cm³/mol. The van der Waals surface area contributed by atoms with Gasteiger partial charge in [-0.2, -0.15) is 0 Å². The minimum absolute atomic E-state index is 0.0681. The SMILES string of the molecule is C=C/C=C1\C(=C/C=C)OCC12C/C=C\CCN(P)CC2. The molecule has 0 N–H and O–H groups in total. The van der Waals surface area contributed by atoms with Gasteiger partial charge in [0.05, 0.1) is 6.61 Å². The van der Waals surface area contributed by atoms with Crippen LogP contribution in [0.1, 0.15) is 19.3 Å². The Kier molecular flexibility index (Phi) is 5.39. The Morgan fingerprint density at radius 2 is 2.00 bits per heavy atom. The highest BCUT2D eigenvalue weighted by molar-refractivity contribution is 7.13. The molecule has 2 atom stereocenters. The van der Waals surface area contributed by atoms with E-state index in [0.29, 0.717) is 0 Å². The van der Waals surface area contributed by atoms with Gasteiger partial charge in [-0.15, -0.1) is 0 Å². The average molecular weight is 289 g/mol. The largest absolute Gasteiger partial charge is 0.492 e. The van der Waals surface area contributed by atoms with Crippen LogP contribution in [0.25, 0.3) is 0 Å². The third-order valence-corrected chi connectivity index (χ3v) is 4.55. The van der Waals surface area contributed by atoms with Crippen LogP contribution in [0.3, 0.4) is 0 Å². The molecule has 3 heteroatoms. The molecule has 0 aromatic carbocycles. The Morgan fingerprint density at radius 3 is 2.75 bits per heavy atom. The Morgan fingerprint density at radius 1 is 1.20 bits per heavy atom. The first-order valence-electron chi connectivity index (χ1n) is 7.15. The van der Waals surface area contributed by atoms with E-state index in [4.69, 9.17) is 4.74 Å². The molecular formula is C17H24NOP. The molecule has 0 aliphatic carbocycles. The number of rotatable bonds is 2. The minimum Gasteiger partial charge on any atom is -0.492 e. The molecule has 0 bridgehead atoms. The van der Waals surface area contributed by atoms with Crippen molar-refractivity contribution in [2.24, 2.45) is 5.41 Å². The third-order valence-electron chi connectivity index (χ3n) is 4.03. The molecule has 0 aromatic rings. The maximum absolute atomic E-state index is 5.94. The third kappa shape index (κ3) is 3.31. The molecule has 0 amide bonds. The number of allylic oxidation sites excluding steroid dienone is 6. The highest BCUT2D eigenvalue weighted by Gasteiger charge is 2.41. The summed E-state index contributed by atoms with van der Waals surface area (Å²) < 4.78 is 8.26. The Labute approximate surface area is 124 Å².